The number of aliphatic hydroxyl groups is 3. The van der Waals surface area contributed by atoms with Gasteiger partial charge in [0.1, 0.15) is 30.0 Å². The van der Waals surface area contributed by atoms with Crippen molar-refractivity contribution < 1.29 is 34.3 Å². The van der Waals surface area contributed by atoms with Gasteiger partial charge in [0.05, 0.1) is 24.8 Å². The van der Waals surface area contributed by atoms with Gasteiger partial charge in [0.15, 0.2) is 12.6 Å². The first kappa shape index (κ1) is 27.1. The summed E-state index contributed by atoms with van der Waals surface area (Å²) in [7, 11) is 3.49. The molecule has 12 heteroatoms. The molecule has 0 unspecified atom stereocenters. The van der Waals surface area contributed by atoms with E-state index in [1.54, 1.807) is 14.0 Å². The maximum absolute atomic E-state index is 11.1. The van der Waals surface area contributed by atoms with E-state index in [-0.39, 0.29) is 24.8 Å². The number of rotatable bonds is 7. The number of likely N-dealkylation sites (N-methyl/N-ethyl adjacent to an activating group) is 2. The van der Waals surface area contributed by atoms with Crippen molar-refractivity contribution in [2.45, 2.75) is 112 Å². The highest BCUT2D eigenvalue weighted by molar-refractivity contribution is 5.02. The first-order valence-electron chi connectivity index (χ1n) is 11.8. The SMILES string of the molecule is CN[C@H](C)[C@@H]1CC[C@H](N)[C@H](O[C@H]2[C@@H](O)[C@@H](O[C@H]3OC[C@](C)(O)[C@@H](NC)[C@H]3O)[C@@H](N)C[C@H]2N)O1. The minimum atomic E-state index is -1.29. The molecule has 2 heterocycles. The zero-order chi connectivity index (χ0) is 24.5. The molecule has 0 amide bonds. The van der Waals surface area contributed by atoms with Crippen molar-refractivity contribution in [1.29, 1.82) is 0 Å². The predicted octanol–water partition coefficient (Wildman–Crippen LogP) is -3.33. The fraction of sp³-hybridized carbons (Fsp3) is 1.00. The molecule has 3 fully saturated rings. The second-order valence-electron chi connectivity index (χ2n) is 9.91. The van der Waals surface area contributed by atoms with E-state index in [9.17, 15) is 15.3 Å². The van der Waals surface area contributed by atoms with E-state index in [1.807, 2.05) is 14.0 Å². The standard InChI is InChI=1S/C21H43N5O7/c1-9(25-3)13-6-5-10(22)19(31-13)32-16-11(23)7-12(24)17(14(16)27)33-20-15(28)18(26-4)21(2,29)8-30-20/h9-20,25-29H,5-8,22-24H2,1-4H3/t9-,10+,11-,12+,13+,14-,15-,16-,17+,18+,19+,20-,21+/m1/s1. The summed E-state index contributed by atoms with van der Waals surface area (Å²) < 4.78 is 23.7. The van der Waals surface area contributed by atoms with Crippen LogP contribution >= 0.6 is 0 Å². The summed E-state index contributed by atoms with van der Waals surface area (Å²) in [5, 5.41) is 38.3. The van der Waals surface area contributed by atoms with Gasteiger partial charge in [-0.3, -0.25) is 0 Å². The van der Waals surface area contributed by atoms with Gasteiger partial charge in [-0.05, 0) is 47.2 Å². The van der Waals surface area contributed by atoms with Crippen LogP contribution in [-0.4, -0.2) is 115 Å². The van der Waals surface area contributed by atoms with Crippen molar-refractivity contribution in [1.82, 2.24) is 10.6 Å². The minimum Gasteiger partial charge on any atom is -0.388 e. The van der Waals surface area contributed by atoms with Gasteiger partial charge < -0.3 is 62.1 Å². The lowest BCUT2D eigenvalue weighted by molar-refractivity contribution is -0.307. The Morgan fingerprint density at radius 2 is 1.58 bits per heavy atom. The van der Waals surface area contributed by atoms with Gasteiger partial charge in [0, 0.05) is 18.1 Å². The molecular formula is C21H43N5O7. The van der Waals surface area contributed by atoms with Crippen LogP contribution in [0.3, 0.4) is 0 Å². The molecule has 0 aromatic carbocycles. The average molecular weight is 478 g/mol. The van der Waals surface area contributed by atoms with Crippen molar-refractivity contribution >= 4 is 0 Å². The average Bonchev–Trinajstić information content (AvgIpc) is 2.76. The maximum atomic E-state index is 11.1. The molecule has 11 N–H and O–H groups in total. The number of ether oxygens (including phenoxy) is 4. The number of hydrogen-bond donors (Lipinski definition) is 8. The van der Waals surface area contributed by atoms with E-state index < -0.39 is 60.7 Å². The monoisotopic (exact) mass is 477 g/mol. The second-order valence-corrected chi connectivity index (χ2v) is 9.91. The molecule has 194 valence electrons. The van der Waals surface area contributed by atoms with Crippen LogP contribution in [0, 0.1) is 0 Å². The Hall–Kier alpha value is -0.480. The van der Waals surface area contributed by atoms with E-state index in [0.29, 0.717) is 12.8 Å². The quantitative estimate of drug-likeness (QED) is 0.182. The van der Waals surface area contributed by atoms with Crippen molar-refractivity contribution in [3.05, 3.63) is 0 Å². The molecule has 1 aliphatic carbocycles. The third-order valence-electron chi connectivity index (χ3n) is 7.24. The van der Waals surface area contributed by atoms with Crippen LogP contribution in [0.1, 0.15) is 33.1 Å². The highest BCUT2D eigenvalue weighted by atomic mass is 16.7. The van der Waals surface area contributed by atoms with E-state index >= 15 is 0 Å². The maximum Gasteiger partial charge on any atom is 0.185 e. The predicted molar refractivity (Wildman–Crippen MR) is 120 cm³/mol. The summed E-state index contributed by atoms with van der Waals surface area (Å²) in [6.45, 7) is 3.52. The Labute approximate surface area is 195 Å². The third kappa shape index (κ3) is 5.85. The van der Waals surface area contributed by atoms with Gasteiger partial charge in [0.2, 0.25) is 0 Å². The first-order chi connectivity index (χ1) is 15.5. The van der Waals surface area contributed by atoms with Crippen LogP contribution in [0.4, 0.5) is 0 Å². The Kier molecular flexibility index (Phi) is 9.09. The molecule has 3 rings (SSSR count). The lowest BCUT2D eigenvalue weighted by Gasteiger charge is -2.48. The normalized spacial score (nSPS) is 50.2. The van der Waals surface area contributed by atoms with Gasteiger partial charge >= 0.3 is 0 Å². The second kappa shape index (κ2) is 11.1. The summed E-state index contributed by atoms with van der Waals surface area (Å²) in [6, 6.07) is -2.11. The molecule has 13 atom stereocenters. The molecule has 2 saturated heterocycles. The summed E-state index contributed by atoms with van der Waals surface area (Å²) in [5.74, 6) is 0. The van der Waals surface area contributed by atoms with Crippen LogP contribution in [0.25, 0.3) is 0 Å². The van der Waals surface area contributed by atoms with Gasteiger partial charge in [-0.15, -0.1) is 0 Å². The lowest BCUT2D eigenvalue weighted by atomic mass is 9.84. The topological polar surface area (TPSA) is 200 Å². The summed E-state index contributed by atoms with van der Waals surface area (Å²) in [4.78, 5) is 0. The fourth-order valence-electron chi connectivity index (χ4n) is 5.04. The fourth-order valence-corrected chi connectivity index (χ4v) is 5.04. The highest BCUT2D eigenvalue weighted by Crippen LogP contribution is 2.31. The Balaban J connectivity index is 1.68. The highest BCUT2D eigenvalue weighted by Gasteiger charge is 2.50. The van der Waals surface area contributed by atoms with Gasteiger partial charge in [0.25, 0.3) is 0 Å². The molecule has 12 nitrogen and oxygen atoms in total. The van der Waals surface area contributed by atoms with Crippen LogP contribution < -0.4 is 27.8 Å². The molecule has 1 saturated carbocycles. The molecule has 33 heavy (non-hydrogen) atoms. The Morgan fingerprint density at radius 1 is 0.970 bits per heavy atom. The summed E-state index contributed by atoms with van der Waals surface area (Å²) in [5.41, 5.74) is 17.5. The number of nitrogens with two attached hydrogens (primary N) is 3. The van der Waals surface area contributed by atoms with E-state index in [2.05, 4.69) is 10.6 Å². The largest absolute Gasteiger partial charge is 0.388 e. The van der Waals surface area contributed by atoms with E-state index in [0.717, 1.165) is 6.42 Å². The van der Waals surface area contributed by atoms with Crippen molar-refractivity contribution in [3.8, 4) is 0 Å². The number of aliphatic hydroxyl groups excluding tert-OH is 2. The van der Waals surface area contributed by atoms with Gasteiger partial charge in [-0.2, -0.15) is 0 Å². The van der Waals surface area contributed by atoms with Crippen LogP contribution in [0.15, 0.2) is 0 Å². The Bertz CT molecular complexity index is 632. The van der Waals surface area contributed by atoms with Crippen molar-refractivity contribution in [2.24, 2.45) is 17.2 Å². The number of hydrogen-bond acceptors (Lipinski definition) is 12. The molecule has 3 aliphatic rings. The smallest absolute Gasteiger partial charge is 0.185 e. The lowest BCUT2D eigenvalue weighted by Crippen LogP contribution is -2.68. The molecule has 0 spiro atoms. The number of nitrogens with one attached hydrogen (secondary N) is 2. The molecule has 0 aromatic heterocycles. The van der Waals surface area contributed by atoms with E-state index in [4.69, 9.17) is 36.1 Å². The van der Waals surface area contributed by atoms with Crippen molar-refractivity contribution in [2.75, 3.05) is 20.7 Å². The van der Waals surface area contributed by atoms with Crippen LogP contribution in [0.5, 0.6) is 0 Å². The van der Waals surface area contributed by atoms with E-state index in [1.165, 1.54) is 0 Å². The van der Waals surface area contributed by atoms with Gasteiger partial charge in [-0.1, -0.05) is 0 Å². The molecule has 2 aliphatic heterocycles. The third-order valence-corrected chi connectivity index (χ3v) is 7.24. The summed E-state index contributed by atoms with van der Waals surface area (Å²) >= 11 is 0. The van der Waals surface area contributed by atoms with Crippen LogP contribution in [0.2, 0.25) is 0 Å². The molecule has 0 bridgehead atoms. The molecular weight excluding hydrogens is 434 g/mol. The zero-order valence-electron chi connectivity index (χ0n) is 20.0. The Morgan fingerprint density at radius 3 is 2.15 bits per heavy atom. The summed E-state index contributed by atoms with van der Waals surface area (Å²) in [6.07, 6.45) is -4.22. The molecule has 0 aromatic rings. The van der Waals surface area contributed by atoms with Crippen molar-refractivity contribution in [3.63, 3.8) is 0 Å². The minimum absolute atomic E-state index is 0.0620. The zero-order valence-corrected chi connectivity index (χ0v) is 20.0. The molecule has 0 radical (unpaired) electrons. The van der Waals surface area contributed by atoms with Crippen LogP contribution in [-0.2, 0) is 18.9 Å². The first-order valence-corrected chi connectivity index (χ1v) is 11.8. The van der Waals surface area contributed by atoms with Gasteiger partial charge in [-0.25, -0.2) is 0 Å².